The molecule has 0 bridgehead atoms. The van der Waals surface area contributed by atoms with E-state index >= 15 is 0 Å². The van der Waals surface area contributed by atoms with Gasteiger partial charge < -0.3 is 0 Å². The molecule has 64 valence electrons. The van der Waals surface area contributed by atoms with Crippen LogP contribution in [0.3, 0.4) is 0 Å². The van der Waals surface area contributed by atoms with Crippen LogP contribution in [0.15, 0.2) is 0 Å². The predicted octanol–water partition coefficient (Wildman–Crippen LogP) is 1.09. The lowest BCUT2D eigenvalue weighted by Gasteiger charge is -2.37. The van der Waals surface area contributed by atoms with Crippen molar-refractivity contribution >= 4 is 0 Å². The van der Waals surface area contributed by atoms with Gasteiger partial charge in [-0.15, -0.1) is 0 Å². The first-order valence-electron chi connectivity index (χ1n) is 4.81. The number of hydrogen-bond donors (Lipinski definition) is 2. The molecule has 1 spiro atoms. The van der Waals surface area contributed by atoms with Gasteiger partial charge >= 0.3 is 0 Å². The van der Waals surface area contributed by atoms with Crippen LogP contribution in [0.25, 0.3) is 0 Å². The molecule has 1 saturated heterocycles. The van der Waals surface area contributed by atoms with Crippen molar-refractivity contribution in [3.05, 3.63) is 0 Å². The minimum atomic E-state index is 0.345. The molecular weight excluding hydrogens is 136 g/mol. The molecule has 1 aliphatic heterocycles. The minimum Gasteiger partial charge on any atom is -0.298 e. The Labute approximate surface area is 68.7 Å². The van der Waals surface area contributed by atoms with Gasteiger partial charge in [0.2, 0.25) is 0 Å². The van der Waals surface area contributed by atoms with E-state index in [2.05, 4.69) is 17.6 Å². The zero-order valence-corrected chi connectivity index (χ0v) is 7.32. The summed E-state index contributed by atoms with van der Waals surface area (Å²) in [6.45, 7) is 4.68. The predicted molar refractivity (Wildman–Crippen MR) is 46.4 cm³/mol. The fraction of sp³-hybridized carbons (Fsp3) is 1.00. The van der Waals surface area contributed by atoms with Gasteiger partial charge in [0.1, 0.15) is 0 Å². The quantitative estimate of drug-likeness (QED) is 0.545. The highest BCUT2D eigenvalue weighted by Crippen LogP contribution is 2.31. The van der Waals surface area contributed by atoms with Crippen LogP contribution in [-0.4, -0.2) is 18.8 Å². The van der Waals surface area contributed by atoms with Crippen LogP contribution in [0.4, 0.5) is 0 Å². The molecule has 2 aliphatic rings. The molecule has 1 heterocycles. The monoisotopic (exact) mass is 154 g/mol. The second-order valence-corrected chi connectivity index (χ2v) is 4.14. The molecule has 0 aromatic carbocycles. The molecule has 0 radical (unpaired) electrons. The molecule has 2 rings (SSSR count). The van der Waals surface area contributed by atoms with Crippen LogP contribution in [-0.2, 0) is 0 Å². The molecule has 1 saturated carbocycles. The van der Waals surface area contributed by atoms with Gasteiger partial charge in [-0.25, -0.2) is 0 Å². The first-order chi connectivity index (χ1) is 5.31. The largest absolute Gasteiger partial charge is 0.298 e. The SMILES string of the molecule is CC1CCCC2(C1)NCCN2. The van der Waals surface area contributed by atoms with Gasteiger partial charge in [0.05, 0.1) is 5.66 Å². The average molecular weight is 154 g/mol. The third kappa shape index (κ3) is 1.42. The summed E-state index contributed by atoms with van der Waals surface area (Å²) in [5, 5.41) is 7.18. The van der Waals surface area contributed by atoms with Crippen LogP contribution in [0.2, 0.25) is 0 Å². The van der Waals surface area contributed by atoms with Gasteiger partial charge in [-0.3, -0.25) is 10.6 Å². The molecule has 1 unspecified atom stereocenters. The van der Waals surface area contributed by atoms with Crippen molar-refractivity contribution in [2.75, 3.05) is 13.1 Å². The van der Waals surface area contributed by atoms with Crippen molar-refractivity contribution in [1.82, 2.24) is 10.6 Å². The Hall–Kier alpha value is -0.0800. The lowest BCUT2D eigenvalue weighted by atomic mass is 9.82. The smallest absolute Gasteiger partial charge is 0.0690 e. The Morgan fingerprint density at radius 3 is 2.64 bits per heavy atom. The first-order valence-corrected chi connectivity index (χ1v) is 4.81. The van der Waals surface area contributed by atoms with E-state index in [-0.39, 0.29) is 0 Å². The normalized spacial score (nSPS) is 36.3. The number of hydrogen-bond acceptors (Lipinski definition) is 2. The second-order valence-electron chi connectivity index (χ2n) is 4.14. The van der Waals surface area contributed by atoms with Gasteiger partial charge in [0.15, 0.2) is 0 Å². The van der Waals surface area contributed by atoms with Gasteiger partial charge in [-0.1, -0.05) is 19.8 Å². The molecule has 1 atom stereocenters. The molecule has 0 aromatic heterocycles. The van der Waals surface area contributed by atoms with Crippen molar-refractivity contribution in [2.24, 2.45) is 5.92 Å². The Morgan fingerprint density at radius 1 is 1.27 bits per heavy atom. The van der Waals surface area contributed by atoms with E-state index in [0.29, 0.717) is 5.66 Å². The zero-order valence-electron chi connectivity index (χ0n) is 7.32. The first kappa shape index (κ1) is 7.56. The Balaban J connectivity index is 2.00. The van der Waals surface area contributed by atoms with Crippen LogP contribution >= 0.6 is 0 Å². The van der Waals surface area contributed by atoms with Crippen molar-refractivity contribution in [2.45, 2.75) is 38.3 Å². The summed E-state index contributed by atoms with van der Waals surface area (Å²) >= 11 is 0. The summed E-state index contributed by atoms with van der Waals surface area (Å²) in [5.74, 6) is 0.904. The maximum absolute atomic E-state index is 3.59. The van der Waals surface area contributed by atoms with Crippen molar-refractivity contribution < 1.29 is 0 Å². The van der Waals surface area contributed by atoms with Gasteiger partial charge in [-0.2, -0.15) is 0 Å². The van der Waals surface area contributed by atoms with Crippen molar-refractivity contribution in [3.8, 4) is 0 Å². The minimum absolute atomic E-state index is 0.345. The van der Waals surface area contributed by atoms with Crippen LogP contribution in [0, 0.1) is 5.92 Å². The van der Waals surface area contributed by atoms with E-state index in [0.717, 1.165) is 19.0 Å². The standard InChI is InChI=1S/C9H18N2/c1-8-3-2-4-9(7-8)10-5-6-11-9/h8,10-11H,2-7H2,1H3. The molecule has 2 fully saturated rings. The Morgan fingerprint density at radius 2 is 2.00 bits per heavy atom. The maximum atomic E-state index is 3.59. The number of rotatable bonds is 0. The fourth-order valence-corrected chi connectivity index (χ4v) is 2.54. The molecule has 2 N–H and O–H groups in total. The summed E-state index contributed by atoms with van der Waals surface area (Å²) in [5.41, 5.74) is 0.345. The molecular formula is C9H18N2. The number of nitrogens with one attached hydrogen (secondary N) is 2. The van der Waals surface area contributed by atoms with E-state index in [1.54, 1.807) is 0 Å². The summed E-state index contributed by atoms with van der Waals surface area (Å²) in [6, 6.07) is 0. The fourth-order valence-electron chi connectivity index (χ4n) is 2.54. The summed E-state index contributed by atoms with van der Waals surface area (Å²) in [6.07, 6.45) is 5.47. The molecule has 0 aromatic rings. The van der Waals surface area contributed by atoms with Gasteiger partial charge in [0.25, 0.3) is 0 Å². The molecule has 11 heavy (non-hydrogen) atoms. The topological polar surface area (TPSA) is 24.1 Å². The molecule has 1 aliphatic carbocycles. The summed E-state index contributed by atoms with van der Waals surface area (Å²) in [7, 11) is 0. The Kier molecular flexibility index (Phi) is 1.90. The van der Waals surface area contributed by atoms with E-state index < -0.39 is 0 Å². The van der Waals surface area contributed by atoms with E-state index in [9.17, 15) is 0 Å². The third-order valence-corrected chi connectivity index (χ3v) is 3.05. The highest BCUT2D eigenvalue weighted by molar-refractivity contribution is 4.94. The van der Waals surface area contributed by atoms with Crippen LogP contribution in [0.5, 0.6) is 0 Å². The summed E-state index contributed by atoms with van der Waals surface area (Å²) < 4.78 is 0. The van der Waals surface area contributed by atoms with Crippen molar-refractivity contribution in [1.29, 1.82) is 0 Å². The van der Waals surface area contributed by atoms with E-state index in [1.807, 2.05) is 0 Å². The van der Waals surface area contributed by atoms with Crippen LogP contribution in [0.1, 0.15) is 32.6 Å². The molecule has 2 heteroatoms. The van der Waals surface area contributed by atoms with Gasteiger partial charge in [-0.05, 0) is 18.8 Å². The van der Waals surface area contributed by atoms with E-state index in [4.69, 9.17) is 0 Å². The van der Waals surface area contributed by atoms with Gasteiger partial charge in [0, 0.05) is 13.1 Å². The average Bonchev–Trinajstić information content (AvgIpc) is 2.37. The molecule has 2 nitrogen and oxygen atoms in total. The third-order valence-electron chi connectivity index (χ3n) is 3.05. The van der Waals surface area contributed by atoms with E-state index in [1.165, 1.54) is 25.7 Å². The summed E-state index contributed by atoms with van der Waals surface area (Å²) in [4.78, 5) is 0. The Bertz CT molecular complexity index is 138. The highest BCUT2D eigenvalue weighted by atomic mass is 15.2. The highest BCUT2D eigenvalue weighted by Gasteiger charge is 2.36. The zero-order chi connectivity index (χ0) is 7.73. The lowest BCUT2D eigenvalue weighted by Crippen LogP contribution is -2.51. The lowest BCUT2D eigenvalue weighted by molar-refractivity contribution is 0.188. The molecule has 0 amide bonds. The maximum Gasteiger partial charge on any atom is 0.0690 e. The second kappa shape index (κ2) is 2.76. The van der Waals surface area contributed by atoms with Crippen molar-refractivity contribution in [3.63, 3.8) is 0 Å². The van der Waals surface area contributed by atoms with Crippen LogP contribution < -0.4 is 10.6 Å².